The number of Topliss-reactive ketones (excluding diaryl/α,β-unsaturated/α-hetero) is 1. The van der Waals surface area contributed by atoms with Crippen LogP contribution in [0.4, 0.5) is 0 Å². The van der Waals surface area contributed by atoms with Crippen molar-refractivity contribution in [3.63, 3.8) is 0 Å². The Kier molecular flexibility index (Phi) is 14.0. The van der Waals surface area contributed by atoms with E-state index in [-0.39, 0.29) is 53.6 Å². The monoisotopic (exact) mass is 872 g/mol. The molecule has 0 aromatic heterocycles. The summed E-state index contributed by atoms with van der Waals surface area (Å²) in [5.41, 5.74) is -1.08. The number of ketones is 1. The summed E-state index contributed by atoms with van der Waals surface area (Å²) in [6.07, 6.45) is -5.12. The van der Waals surface area contributed by atoms with E-state index >= 15 is 0 Å². The summed E-state index contributed by atoms with van der Waals surface area (Å²) in [7, 11) is 1.48. The van der Waals surface area contributed by atoms with E-state index in [0.717, 1.165) is 25.7 Å². The number of carbonyl (C=O) groups is 3. The number of ether oxygens (including phenoxy) is 7. The van der Waals surface area contributed by atoms with Crippen molar-refractivity contribution in [1.29, 1.82) is 0 Å². The smallest absolute Gasteiger partial charge is 0.338 e. The number of fused-ring (bicyclic) bond motifs is 5. The van der Waals surface area contributed by atoms with Gasteiger partial charge in [0.05, 0.1) is 38.1 Å². The zero-order valence-electron chi connectivity index (χ0n) is 37.1. The van der Waals surface area contributed by atoms with Crippen molar-refractivity contribution in [2.75, 3.05) is 20.3 Å². The molecule has 5 fully saturated rings. The first-order valence-electron chi connectivity index (χ1n) is 22.6. The lowest BCUT2D eigenvalue weighted by atomic mass is 9.46. The van der Waals surface area contributed by atoms with Crippen LogP contribution in [0.5, 0.6) is 5.75 Å². The number of rotatable bonds is 13. The molecule has 2 aliphatic heterocycles. The lowest BCUT2D eigenvalue weighted by Gasteiger charge is -2.59. The van der Waals surface area contributed by atoms with Gasteiger partial charge < -0.3 is 58.7 Å². The first-order valence-corrected chi connectivity index (χ1v) is 22.6. The summed E-state index contributed by atoms with van der Waals surface area (Å²) < 4.78 is 41.7. The highest BCUT2D eigenvalue weighted by Crippen LogP contribution is 2.69. The van der Waals surface area contributed by atoms with E-state index in [0.29, 0.717) is 37.4 Å². The van der Waals surface area contributed by atoms with E-state index in [4.69, 9.17) is 33.2 Å². The fourth-order valence-corrected chi connectivity index (χ4v) is 12.1. The molecule has 5 N–H and O–H groups in total. The van der Waals surface area contributed by atoms with E-state index < -0.39 is 90.8 Å². The fraction of sp³-hybridized carbons (Fsp3) is 0.766. The highest BCUT2D eigenvalue weighted by molar-refractivity contribution is 5.89. The Morgan fingerprint density at radius 1 is 0.855 bits per heavy atom. The molecule has 1 aromatic rings. The second-order valence-corrected chi connectivity index (χ2v) is 19.7. The van der Waals surface area contributed by atoms with Crippen LogP contribution in [-0.2, 0) is 38.0 Å². The van der Waals surface area contributed by atoms with Crippen LogP contribution in [0.25, 0.3) is 0 Å². The van der Waals surface area contributed by atoms with Crippen LogP contribution in [0.15, 0.2) is 35.9 Å². The maximum atomic E-state index is 14.2. The lowest BCUT2D eigenvalue weighted by molar-refractivity contribution is -0.345. The third-order valence-electron chi connectivity index (χ3n) is 15.7. The highest BCUT2D eigenvalue weighted by atomic mass is 16.8. The summed E-state index contributed by atoms with van der Waals surface area (Å²) in [6.45, 7) is 10.7. The summed E-state index contributed by atoms with van der Waals surface area (Å²) in [4.78, 5) is 40.3. The number of benzene rings is 1. The van der Waals surface area contributed by atoms with Gasteiger partial charge in [-0.2, -0.15) is 0 Å². The van der Waals surface area contributed by atoms with Crippen molar-refractivity contribution in [2.45, 2.75) is 166 Å². The fourth-order valence-electron chi connectivity index (χ4n) is 12.1. The highest BCUT2D eigenvalue weighted by Gasteiger charge is 2.70. The number of methoxy groups -OCH3 is 1. The van der Waals surface area contributed by atoms with Gasteiger partial charge in [-0.3, -0.25) is 9.59 Å². The molecule has 1 aromatic carbocycles. The predicted octanol–water partition coefficient (Wildman–Crippen LogP) is 4.02. The molecule has 2 heterocycles. The Morgan fingerprint density at radius 2 is 1.53 bits per heavy atom. The molecule has 0 spiro atoms. The van der Waals surface area contributed by atoms with Crippen LogP contribution in [0, 0.1) is 40.4 Å². The maximum absolute atomic E-state index is 14.2. The molecule has 17 atom stereocenters. The Hall–Kier alpha value is -2.99. The van der Waals surface area contributed by atoms with Crippen molar-refractivity contribution in [3.05, 3.63) is 41.5 Å². The van der Waals surface area contributed by atoms with Gasteiger partial charge >= 0.3 is 11.9 Å². The molecule has 0 unspecified atom stereocenters. The van der Waals surface area contributed by atoms with Gasteiger partial charge in [-0.1, -0.05) is 46.3 Å². The molecule has 0 radical (unpaired) electrons. The lowest BCUT2D eigenvalue weighted by Crippen LogP contribution is -2.64. The van der Waals surface area contributed by atoms with E-state index in [9.17, 15) is 39.9 Å². The van der Waals surface area contributed by atoms with Gasteiger partial charge in [-0.25, -0.2) is 4.79 Å². The van der Waals surface area contributed by atoms with Gasteiger partial charge in [-0.05, 0) is 105 Å². The number of aliphatic hydroxyl groups is 5. The van der Waals surface area contributed by atoms with Crippen LogP contribution in [0.1, 0.15) is 110 Å². The summed E-state index contributed by atoms with van der Waals surface area (Å²) in [5.74, 6) is -1.30. The Balaban J connectivity index is 1.18. The molecule has 4 aliphatic carbocycles. The molecular formula is C47H68O15. The number of esters is 2. The van der Waals surface area contributed by atoms with Crippen molar-refractivity contribution in [3.8, 4) is 5.75 Å². The normalized spacial score (nSPS) is 42.1. The molecular weight excluding hydrogens is 805 g/mol. The minimum Gasteiger partial charge on any atom is -0.497 e. The largest absolute Gasteiger partial charge is 0.497 e. The zero-order valence-corrected chi connectivity index (χ0v) is 37.1. The van der Waals surface area contributed by atoms with Crippen LogP contribution in [0.2, 0.25) is 0 Å². The van der Waals surface area contributed by atoms with Crippen LogP contribution in [-0.4, -0.2) is 131 Å². The number of allylic oxidation sites excluding steroid dienone is 1. The molecule has 6 aliphatic rings. The molecule has 15 nitrogen and oxygen atoms in total. The number of aliphatic hydroxyl groups excluding tert-OH is 4. The van der Waals surface area contributed by atoms with Crippen LogP contribution < -0.4 is 4.74 Å². The predicted molar refractivity (Wildman–Crippen MR) is 221 cm³/mol. The summed E-state index contributed by atoms with van der Waals surface area (Å²) >= 11 is 0. The van der Waals surface area contributed by atoms with E-state index in [1.165, 1.54) is 31.7 Å². The second kappa shape index (κ2) is 18.5. The van der Waals surface area contributed by atoms with Gasteiger partial charge in [0, 0.05) is 24.7 Å². The van der Waals surface area contributed by atoms with Gasteiger partial charge in [-0.15, -0.1) is 0 Å². The number of hydrogen-bond acceptors (Lipinski definition) is 15. The Labute approximate surface area is 364 Å². The molecule has 7 rings (SSSR count). The number of hydrogen-bond donors (Lipinski definition) is 5. The third-order valence-corrected chi connectivity index (χ3v) is 15.7. The van der Waals surface area contributed by atoms with Gasteiger partial charge in [0.1, 0.15) is 41.5 Å². The molecule has 0 bridgehead atoms. The SMILES string of the molecule is COc1ccc(C(=O)O[C@H]2[C@H](O[C@@H]3[C@@H](OC(C)=O)[C@H](O[C@@H]4C[C@@H]5[C@H]6CC=C7C[C@H](O)CC[C@]7(C)[C@@H]6CC[C@]5(C)[C@@]4(O)[C@H](C)C(=O)CCC(C)C)OC[C@@H]3O)OC[C@@H](O)[C@@H]2O)cc1. The average molecular weight is 873 g/mol. The quantitative estimate of drug-likeness (QED) is 0.140. The molecule has 15 heteroatoms. The number of carbonyl (C=O) groups excluding carboxylic acids is 3. The van der Waals surface area contributed by atoms with Crippen LogP contribution >= 0.6 is 0 Å². The first kappa shape index (κ1) is 47.0. The third kappa shape index (κ3) is 8.62. The summed E-state index contributed by atoms with van der Waals surface area (Å²) in [5, 5.41) is 57.1. The standard InChI is InChI=1S/C47H68O15/c1-24(2)8-15-34(50)25(3)47(55)37(21-33-31-14-11-28-20-29(49)16-18-45(28,5)32(31)17-19-46(33,47)6)60-44-41(59-26(4)48)39(36(52)23-58-44)62-43-40(38(53)35(51)22-57-43)61-42(54)27-9-12-30(56-7)13-10-27/h9-13,24-25,29,31-33,35-41,43-44,49,51-53,55H,8,14-23H2,1-7H3/t25-,29-,31+,32-,33-,35-,36+,37-,38+,39+,40-,41-,43+,44+,45+,46+,47-/m1/s1. The molecule has 62 heavy (non-hydrogen) atoms. The van der Waals surface area contributed by atoms with Gasteiger partial charge in [0.25, 0.3) is 0 Å². The molecule has 3 saturated carbocycles. The van der Waals surface area contributed by atoms with Crippen molar-refractivity contribution >= 4 is 17.7 Å². The van der Waals surface area contributed by atoms with Gasteiger partial charge in [0.15, 0.2) is 24.8 Å². The average Bonchev–Trinajstić information content (AvgIpc) is 3.47. The topological polar surface area (TPSA) is 217 Å². The zero-order chi connectivity index (χ0) is 44.9. The second-order valence-electron chi connectivity index (χ2n) is 19.7. The minimum atomic E-state index is -1.67. The van der Waals surface area contributed by atoms with Gasteiger partial charge in [0.2, 0.25) is 0 Å². The maximum Gasteiger partial charge on any atom is 0.338 e. The Bertz CT molecular complexity index is 1800. The van der Waals surface area contributed by atoms with E-state index in [2.05, 4.69) is 33.8 Å². The minimum absolute atomic E-state index is 0.0591. The van der Waals surface area contributed by atoms with E-state index in [1.54, 1.807) is 19.1 Å². The first-order chi connectivity index (χ1) is 29.3. The van der Waals surface area contributed by atoms with E-state index in [1.807, 2.05) is 0 Å². The van der Waals surface area contributed by atoms with Crippen molar-refractivity contribution in [1.82, 2.24) is 0 Å². The molecule has 0 amide bonds. The van der Waals surface area contributed by atoms with Crippen LogP contribution in [0.3, 0.4) is 0 Å². The van der Waals surface area contributed by atoms with Crippen molar-refractivity contribution in [2.24, 2.45) is 40.4 Å². The van der Waals surface area contributed by atoms with Crippen molar-refractivity contribution < 1.29 is 73.1 Å². The Morgan fingerprint density at radius 3 is 2.19 bits per heavy atom. The summed E-state index contributed by atoms with van der Waals surface area (Å²) in [6, 6.07) is 6.05. The molecule has 2 saturated heterocycles. The molecule has 346 valence electrons.